The van der Waals surface area contributed by atoms with Gasteiger partial charge in [0.1, 0.15) is 6.04 Å². The van der Waals surface area contributed by atoms with E-state index in [-0.39, 0.29) is 24.4 Å². The molecule has 24 heavy (non-hydrogen) atoms. The Labute approximate surface area is 141 Å². The van der Waals surface area contributed by atoms with Crippen LogP contribution in [-0.4, -0.2) is 41.2 Å². The maximum absolute atomic E-state index is 12.7. The maximum atomic E-state index is 12.7. The lowest BCUT2D eigenvalue weighted by Crippen LogP contribution is -2.56. The van der Waals surface area contributed by atoms with Crippen LogP contribution >= 0.6 is 0 Å². The highest BCUT2D eigenvalue weighted by atomic mass is 16.2. The number of hydrogen-bond donors (Lipinski definition) is 0. The van der Waals surface area contributed by atoms with Crippen molar-refractivity contribution < 1.29 is 9.59 Å². The van der Waals surface area contributed by atoms with Gasteiger partial charge in [0.2, 0.25) is 11.8 Å². The molecule has 0 saturated carbocycles. The Bertz CT molecular complexity index is 781. The van der Waals surface area contributed by atoms with Gasteiger partial charge in [0.15, 0.2) is 0 Å². The van der Waals surface area contributed by atoms with E-state index in [1.54, 1.807) is 11.9 Å². The number of carbonyl (C=O) groups excluding carboxylic acids is 2. The van der Waals surface area contributed by atoms with Gasteiger partial charge < -0.3 is 9.80 Å². The van der Waals surface area contributed by atoms with Gasteiger partial charge >= 0.3 is 0 Å². The molecule has 5 heteroatoms. The molecule has 0 radical (unpaired) electrons. The van der Waals surface area contributed by atoms with Gasteiger partial charge in [-0.05, 0) is 49.3 Å². The molecule has 4 rings (SSSR count). The first-order valence-electron chi connectivity index (χ1n) is 8.54. The highest BCUT2D eigenvalue weighted by molar-refractivity contribution is 5.95. The third kappa shape index (κ3) is 1.99. The number of carbonyl (C=O) groups is 2. The summed E-state index contributed by atoms with van der Waals surface area (Å²) in [5.41, 5.74) is 2.94. The monoisotopic (exact) mass is 323 g/mol. The van der Waals surface area contributed by atoms with E-state index in [2.05, 4.69) is 18.2 Å². The minimum Gasteiger partial charge on any atom is -0.335 e. The van der Waals surface area contributed by atoms with Crippen LogP contribution < -0.4 is 0 Å². The van der Waals surface area contributed by atoms with E-state index in [1.165, 1.54) is 16.0 Å². The van der Waals surface area contributed by atoms with Gasteiger partial charge in [0.05, 0.1) is 24.1 Å². The highest BCUT2D eigenvalue weighted by Gasteiger charge is 2.57. The Morgan fingerprint density at radius 1 is 1.25 bits per heavy atom. The number of rotatable bonds is 1. The lowest BCUT2D eigenvalue weighted by atomic mass is 9.79. The van der Waals surface area contributed by atoms with Crippen LogP contribution in [-0.2, 0) is 22.4 Å². The van der Waals surface area contributed by atoms with Crippen LogP contribution in [0.3, 0.4) is 0 Å². The molecule has 3 aliphatic rings. The average Bonchev–Trinajstić information content (AvgIpc) is 3.14. The van der Waals surface area contributed by atoms with Crippen LogP contribution in [0.4, 0.5) is 0 Å². The topological polar surface area (TPSA) is 64.4 Å². The molecule has 1 aromatic rings. The van der Waals surface area contributed by atoms with Gasteiger partial charge in [0.25, 0.3) is 0 Å². The number of aryl methyl sites for hydroxylation is 2. The zero-order valence-electron chi connectivity index (χ0n) is 14.1. The van der Waals surface area contributed by atoms with Crippen LogP contribution in [0.5, 0.6) is 0 Å². The molecule has 2 amide bonds. The molecule has 2 fully saturated rings. The first-order chi connectivity index (χ1) is 11.4. The predicted octanol–water partition coefficient (Wildman–Crippen LogP) is 1.82. The molecule has 2 saturated heterocycles. The summed E-state index contributed by atoms with van der Waals surface area (Å²) in [5, 5.41) is 9.82. The van der Waals surface area contributed by atoms with Crippen molar-refractivity contribution in [1.82, 2.24) is 9.80 Å². The molecule has 3 atom stereocenters. The van der Waals surface area contributed by atoms with E-state index < -0.39 is 11.5 Å². The molecule has 124 valence electrons. The van der Waals surface area contributed by atoms with Crippen molar-refractivity contribution in [3.05, 3.63) is 34.9 Å². The molecule has 1 aliphatic carbocycles. The minimum absolute atomic E-state index is 0.0558. The Kier molecular flexibility index (Phi) is 3.21. The number of amides is 2. The largest absolute Gasteiger partial charge is 0.335 e. The highest BCUT2D eigenvalue weighted by Crippen LogP contribution is 2.51. The van der Waals surface area contributed by atoms with Crippen LogP contribution in [0.2, 0.25) is 0 Å². The summed E-state index contributed by atoms with van der Waals surface area (Å²) < 4.78 is 0. The quantitative estimate of drug-likeness (QED) is 0.792. The summed E-state index contributed by atoms with van der Waals surface area (Å²) in [4.78, 5) is 28.4. The summed E-state index contributed by atoms with van der Waals surface area (Å²) in [6, 6.07) is 7.87. The van der Waals surface area contributed by atoms with Gasteiger partial charge in [-0.25, -0.2) is 0 Å². The van der Waals surface area contributed by atoms with Gasteiger partial charge in [-0.1, -0.05) is 18.2 Å². The standard InChI is InChI=1S/C19H21N3O2/c1-19(11-20)9-15-18(24)21(2)10-16(23)22(15)17(19)14-7-6-12-4-3-5-13(12)8-14/h6-8,15,17H,3-5,9-10H2,1-2H3/t15?,17?,19-/m1/s1. The normalized spacial score (nSPS) is 31.9. The number of nitriles is 1. The smallest absolute Gasteiger partial charge is 0.245 e. The van der Waals surface area contributed by atoms with Crippen molar-refractivity contribution in [2.24, 2.45) is 5.41 Å². The van der Waals surface area contributed by atoms with E-state index in [4.69, 9.17) is 0 Å². The van der Waals surface area contributed by atoms with Crippen molar-refractivity contribution in [2.45, 2.75) is 44.7 Å². The summed E-state index contributed by atoms with van der Waals surface area (Å²) in [5.74, 6) is -0.119. The van der Waals surface area contributed by atoms with Crippen molar-refractivity contribution >= 4 is 11.8 Å². The number of fused-ring (bicyclic) bond motifs is 2. The zero-order valence-corrected chi connectivity index (χ0v) is 14.1. The number of benzene rings is 1. The molecular weight excluding hydrogens is 302 g/mol. The van der Waals surface area contributed by atoms with Crippen molar-refractivity contribution in [3.8, 4) is 6.07 Å². The Morgan fingerprint density at radius 3 is 2.75 bits per heavy atom. The van der Waals surface area contributed by atoms with Crippen molar-refractivity contribution in [1.29, 1.82) is 5.26 Å². The minimum atomic E-state index is -0.742. The summed E-state index contributed by atoms with van der Waals surface area (Å²) >= 11 is 0. The molecule has 5 nitrogen and oxygen atoms in total. The zero-order chi connectivity index (χ0) is 17.1. The second-order valence-corrected chi connectivity index (χ2v) is 7.53. The molecule has 1 aromatic carbocycles. The summed E-state index contributed by atoms with van der Waals surface area (Å²) in [7, 11) is 1.66. The Morgan fingerprint density at radius 2 is 2.00 bits per heavy atom. The number of nitrogens with zero attached hydrogens (tertiary/aromatic N) is 3. The Hall–Kier alpha value is -2.35. The second-order valence-electron chi connectivity index (χ2n) is 7.53. The van der Waals surface area contributed by atoms with Gasteiger partial charge in [0, 0.05) is 7.05 Å². The molecule has 2 aliphatic heterocycles. The van der Waals surface area contributed by atoms with E-state index >= 15 is 0 Å². The number of hydrogen-bond acceptors (Lipinski definition) is 3. The van der Waals surface area contributed by atoms with Crippen molar-refractivity contribution in [2.75, 3.05) is 13.6 Å². The molecule has 0 N–H and O–H groups in total. The molecular formula is C19H21N3O2. The predicted molar refractivity (Wildman–Crippen MR) is 87.8 cm³/mol. The fraction of sp³-hybridized carbons (Fsp3) is 0.526. The van der Waals surface area contributed by atoms with E-state index in [9.17, 15) is 14.9 Å². The first kappa shape index (κ1) is 15.2. The summed E-state index contributed by atoms with van der Waals surface area (Å²) in [6.45, 7) is 1.97. The Balaban J connectivity index is 1.81. The van der Waals surface area contributed by atoms with Gasteiger partial charge in [-0.2, -0.15) is 5.26 Å². The first-order valence-corrected chi connectivity index (χ1v) is 8.54. The van der Waals surface area contributed by atoms with Crippen molar-refractivity contribution in [3.63, 3.8) is 0 Å². The van der Waals surface area contributed by atoms with E-state index in [0.717, 1.165) is 24.8 Å². The fourth-order valence-electron chi connectivity index (χ4n) is 4.64. The summed E-state index contributed by atoms with van der Waals surface area (Å²) in [6.07, 6.45) is 3.72. The third-order valence-electron chi connectivity index (χ3n) is 5.85. The molecule has 0 bridgehead atoms. The molecule has 0 spiro atoms. The fourth-order valence-corrected chi connectivity index (χ4v) is 4.64. The van der Waals surface area contributed by atoms with Gasteiger partial charge in [-0.15, -0.1) is 0 Å². The van der Waals surface area contributed by atoms with Crippen LogP contribution in [0.15, 0.2) is 18.2 Å². The number of likely N-dealkylation sites (N-methyl/N-ethyl adjacent to an activating group) is 1. The molecule has 2 unspecified atom stereocenters. The van der Waals surface area contributed by atoms with Gasteiger partial charge in [-0.3, -0.25) is 9.59 Å². The average molecular weight is 323 g/mol. The van der Waals surface area contributed by atoms with Crippen LogP contribution in [0.1, 0.15) is 42.5 Å². The molecule has 2 heterocycles. The SMILES string of the molecule is CN1CC(=O)N2C(C[C@](C)(C#N)C2c2ccc3c(c2)CCC3)C1=O. The number of piperazine rings is 1. The van der Waals surface area contributed by atoms with E-state index in [0.29, 0.717) is 6.42 Å². The second kappa shape index (κ2) is 5.07. The molecule has 0 aromatic heterocycles. The maximum Gasteiger partial charge on any atom is 0.245 e. The lowest BCUT2D eigenvalue weighted by molar-refractivity contribution is -0.154. The van der Waals surface area contributed by atoms with E-state index in [1.807, 2.05) is 13.0 Å². The lowest BCUT2D eigenvalue weighted by Gasteiger charge is -2.38. The van der Waals surface area contributed by atoms with Crippen LogP contribution in [0, 0.1) is 16.7 Å². The van der Waals surface area contributed by atoms with Crippen LogP contribution in [0.25, 0.3) is 0 Å². The third-order valence-corrected chi connectivity index (χ3v) is 5.85.